The van der Waals surface area contributed by atoms with Crippen LogP contribution in [0.1, 0.15) is 5.56 Å². The summed E-state index contributed by atoms with van der Waals surface area (Å²) in [5.74, 6) is 0. The van der Waals surface area contributed by atoms with E-state index in [0.29, 0.717) is 0 Å². The fraction of sp³-hybridized carbons (Fsp3) is 0.111. The first-order valence-electron chi connectivity index (χ1n) is 3.62. The summed E-state index contributed by atoms with van der Waals surface area (Å²) in [6, 6.07) is 4.00. The Kier molecular flexibility index (Phi) is 1.89. The smallest absolute Gasteiger partial charge is 0.0613 e. The van der Waals surface area contributed by atoms with Crippen LogP contribution in [0, 0.1) is 6.92 Å². The van der Waals surface area contributed by atoms with Crippen molar-refractivity contribution in [3.8, 4) is 0 Å². The summed E-state index contributed by atoms with van der Waals surface area (Å²) in [4.78, 5) is 3.12. The first-order chi connectivity index (χ1) is 5.70. The summed E-state index contributed by atoms with van der Waals surface area (Å²) in [6.07, 6.45) is 1.89. The SMILES string of the molecule is Cc1cc(Br)c2[nH]ccc2c1Cl. The average molecular weight is 245 g/mol. The fourth-order valence-electron chi connectivity index (χ4n) is 1.29. The number of H-pyrrole nitrogens is 1. The molecule has 0 unspecified atom stereocenters. The van der Waals surface area contributed by atoms with Gasteiger partial charge in [-0.3, -0.25) is 0 Å². The van der Waals surface area contributed by atoms with E-state index in [9.17, 15) is 0 Å². The van der Waals surface area contributed by atoms with Gasteiger partial charge >= 0.3 is 0 Å². The van der Waals surface area contributed by atoms with Crippen molar-refractivity contribution in [1.29, 1.82) is 0 Å². The van der Waals surface area contributed by atoms with Gasteiger partial charge in [0.2, 0.25) is 0 Å². The lowest BCUT2D eigenvalue weighted by Gasteiger charge is -2.01. The molecule has 0 aliphatic heterocycles. The molecule has 1 aromatic carbocycles. The van der Waals surface area contributed by atoms with Crippen LogP contribution in [0.4, 0.5) is 0 Å². The minimum absolute atomic E-state index is 0.828. The lowest BCUT2D eigenvalue weighted by molar-refractivity contribution is 1.44. The van der Waals surface area contributed by atoms with Crippen LogP contribution in [0.25, 0.3) is 10.9 Å². The van der Waals surface area contributed by atoms with Gasteiger partial charge in [-0.15, -0.1) is 0 Å². The third-order valence-corrected chi connectivity index (χ3v) is 3.04. The molecule has 0 radical (unpaired) electrons. The largest absolute Gasteiger partial charge is 0.360 e. The van der Waals surface area contributed by atoms with Crippen LogP contribution in [0.15, 0.2) is 22.8 Å². The Labute approximate surface area is 83.9 Å². The first-order valence-corrected chi connectivity index (χ1v) is 4.79. The Morgan fingerprint density at radius 1 is 1.50 bits per heavy atom. The van der Waals surface area contributed by atoms with Crippen LogP contribution in [-0.2, 0) is 0 Å². The molecule has 0 amide bonds. The van der Waals surface area contributed by atoms with Crippen LogP contribution < -0.4 is 0 Å². The molecule has 2 aromatic rings. The summed E-state index contributed by atoms with van der Waals surface area (Å²) in [7, 11) is 0. The number of hydrogen-bond donors (Lipinski definition) is 1. The second-order valence-corrected chi connectivity index (χ2v) is 3.99. The maximum atomic E-state index is 6.10. The Morgan fingerprint density at radius 2 is 2.25 bits per heavy atom. The third kappa shape index (κ3) is 1.06. The van der Waals surface area contributed by atoms with Crippen molar-refractivity contribution >= 4 is 38.4 Å². The van der Waals surface area contributed by atoms with Crippen molar-refractivity contribution in [2.24, 2.45) is 0 Å². The topological polar surface area (TPSA) is 15.8 Å². The fourth-order valence-corrected chi connectivity index (χ4v) is 2.17. The molecule has 0 atom stereocenters. The van der Waals surface area contributed by atoms with Crippen molar-refractivity contribution in [3.63, 3.8) is 0 Å². The molecule has 0 saturated carbocycles. The standard InChI is InChI=1S/C9H7BrClN/c1-5-4-7(10)9-6(8(5)11)2-3-12-9/h2-4,12H,1H3. The second-order valence-electron chi connectivity index (χ2n) is 2.76. The Bertz CT molecular complexity index is 433. The molecule has 2 rings (SSSR count). The summed E-state index contributed by atoms with van der Waals surface area (Å²) >= 11 is 9.57. The van der Waals surface area contributed by atoms with E-state index in [4.69, 9.17) is 11.6 Å². The predicted octanol–water partition coefficient (Wildman–Crippen LogP) is 3.89. The van der Waals surface area contributed by atoms with Gasteiger partial charge in [-0.25, -0.2) is 0 Å². The highest BCUT2D eigenvalue weighted by molar-refractivity contribution is 9.10. The van der Waals surface area contributed by atoms with Crippen LogP contribution in [0.5, 0.6) is 0 Å². The number of halogens is 2. The third-order valence-electron chi connectivity index (χ3n) is 1.91. The minimum Gasteiger partial charge on any atom is -0.360 e. The maximum absolute atomic E-state index is 6.10. The number of nitrogens with one attached hydrogen (secondary N) is 1. The molecular weight excluding hydrogens is 237 g/mol. The van der Waals surface area contributed by atoms with Crippen LogP contribution >= 0.6 is 27.5 Å². The Hall–Kier alpha value is -0.470. The van der Waals surface area contributed by atoms with E-state index >= 15 is 0 Å². The zero-order valence-corrected chi connectivity index (χ0v) is 8.83. The van der Waals surface area contributed by atoms with E-state index in [2.05, 4.69) is 20.9 Å². The number of aryl methyl sites for hydroxylation is 1. The number of aromatic nitrogens is 1. The van der Waals surface area contributed by atoms with Gasteiger partial charge in [-0.1, -0.05) is 11.6 Å². The quantitative estimate of drug-likeness (QED) is 0.724. The molecule has 62 valence electrons. The van der Waals surface area contributed by atoms with Gasteiger partial charge in [0.1, 0.15) is 0 Å². The van der Waals surface area contributed by atoms with Gasteiger partial charge < -0.3 is 4.98 Å². The first kappa shape index (κ1) is 8.14. The second kappa shape index (κ2) is 2.79. The normalized spacial score (nSPS) is 10.9. The predicted molar refractivity (Wildman–Crippen MR) is 55.7 cm³/mol. The van der Waals surface area contributed by atoms with Gasteiger partial charge in [0, 0.05) is 16.1 Å². The number of hydrogen-bond acceptors (Lipinski definition) is 0. The highest BCUT2D eigenvalue weighted by atomic mass is 79.9. The highest BCUT2D eigenvalue weighted by Gasteiger charge is 2.06. The molecule has 0 bridgehead atoms. The molecule has 0 spiro atoms. The van der Waals surface area contributed by atoms with Crippen LogP contribution in [0.3, 0.4) is 0 Å². The van der Waals surface area contributed by atoms with Gasteiger partial charge in [0.15, 0.2) is 0 Å². The molecule has 12 heavy (non-hydrogen) atoms. The average Bonchev–Trinajstić information content (AvgIpc) is 2.48. The molecule has 3 heteroatoms. The van der Waals surface area contributed by atoms with Crippen molar-refractivity contribution < 1.29 is 0 Å². The molecule has 0 saturated heterocycles. The molecule has 1 aromatic heterocycles. The Morgan fingerprint density at radius 3 is 3.00 bits per heavy atom. The number of fused-ring (bicyclic) bond motifs is 1. The van der Waals surface area contributed by atoms with Gasteiger partial charge in [0.05, 0.1) is 10.5 Å². The zero-order valence-electron chi connectivity index (χ0n) is 6.49. The number of aromatic amines is 1. The number of rotatable bonds is 0. The van der Waals surface area contributed by atoms with E-state index in [1.54, 1.807) is 0 Å². The Balaban J connectivity index is 2.97. The molecular formula is C9H7BrClN. The minimum atomic E-state index is 0.828. The summed E-state index contributed by atoms with van der Waals surface area (Å²) in [6.45, 7) is 2.00. The molecule has 1 nitrogen and oxygen atoms in total. The van der Waals surface area contributed by atoms with E-state index in [1.807, 2.05) is 25.3 Å². The molecule has 1 heterocycles. The summed E-state index contributed by atoms with van der Waals surface area (Å²) in [5.41, 5.74) is 2.15. The molecule has 0 fully saturated rings. The lowest BCUT2D eigenvalue weighted by Crippen LogP contribution is -1.78. The van der Waals surface area contributed by atoms with E-state index in [0.717, 1.165) is 26.0 Å². The van der Waals surface area contributed by atoms with E-state index in [1.165, 1.54) is 0 Å². The lowest BCUT2D eigenvalue weighted by atomic mass is 10.2. The van der Waals surface area contributed by atoms with E-state index in [-0.39, 0.29) is 0 Å². The van der Waals surface area contributed by atoms with E-state index < -0.39 is 0 Å². The molecule has 0 aliphatic carbocycles. The monoisotopic (exact) mass is 243 g/mol. The van der Waals surface area contributed by atoms with Crippen molar-refractivity contribution in [1.82, 2.24) is 4.98 Å². The zero-order chi connectivity index (χ0) is 8.72. The highest BCUT2D eigenvalue weighted by Crippen LogP contribution is 2.31. The molecule has 0 aliphatic rings. The summed E-state index contributed by atoms with van der Waals surface area (Å²) in [5, 5.41) is 1.90. The van der Waals surface area contributed by atoms with Crippen LogP contribution in [-0.4, -0.2) is 4.98 Å². The van der Waals surface area contributed by atoms with Gasteiger partial charge in [-0.05, 0) is 40.5 Å². The number of benzene rings is 1. The van der Waals surface area contributed by atoms with Gasteiger partial charge in [0.25, 0.3) is 0 Å². The van der Waals surface area contributed by atoms with Gasteiger partial charge in [-0.2, -0.15) is 0 Å². The maximum Gasteiger partial charge on any atom is 0.0613 e. The van der Waals surface area contributed by atoms with Crippen molar-refractivity contribution in [3.05, 3.63) is 33.4 Å². The van der Waals surface area contributed by atoms with Crippen molar-refractivity contribution in [2.45, 2.75) is 6.92 Å². The summed E-state index contributed by atoms with van der Waals surface area (Å²) < 4.78 is 1.06. The molecule has 1 N–H and O–H groups in total. The van der Waals surface area contributed by atoms with Crippen LogP contribution in [0.2, 0.25) is 5.02 Å². The van der Waals surface area contributed by atoms with Crippen molar-refractivity contribution in [2.75, 3.05) is 0 Å².